The topological polar surface area (TPSA) is 147 Å². The summed E-state index contributed by atoms with van der Waals surface area (Å²) in [5, 5.41) is 37.6. The molecule has 0 radical (unpaired) electrons. The van der Waals surface area contributed by atoms with Crippen LogP contribution in [0.15, 0.2) is 12.1 Å². The first-order valence-electron chi connectivity index (χ1n) is 11.7. The molecule has 0 saturated carbocycles. The third-order valence-electron chi connectivity index (χ3n) is 5.43. The number of aromatic hydroxyl groups is 2. The van der Waals surface area contributed by atoms with Gasteiger partial charge in [0.2, 0.25) is 0 Å². The molecule has 2 heterocycles. The fourth-order valence-electron chi connectivity index (χ4n) is 3.93. The van der Waals surface area contributed by atoms with Gasteiger partial charge in [-0.15, -0.1) is 12.4 Å². The van der Waals surface area contributed by atoms with Crippen molar-refractivity contribution in [3.8, 4) is 11.5 Å². The molecule has 12 heteroatoms. The number of ether oxygens (including phenoxy) is 5. The van der Waals surface area contributed by atoms with Gasteiger partial charge in [-0.3, -0.25) is 0 Å². The summed E-state index contributed by atoms with van der Waals surface area (Å²) in [4.78, 5) is 13.4. The molecule has 2 aliphatic rings. The van der Waals surface area contributed by atoms with Gasteiger partial charge in [0.25, 0.3) is 0 Å². The fourth-order valence-corrected chi connectivity index (χ4v) is 3.93. The van der Waals surface area contributed by atoms with Gasteiger partial charge >= 0.3 is 5.97 Å². The number of aliphatic hydroxyl groups is 2. The first-order chi connectivity index (χ1) is 16.4. The first kappa shape index (κ1) is 32.3. The maximum atomic E-state index is 11.3. The normalized spacial score (nSPS) is 24.9. The van der Waals surface area contributed by atoms with E-state index < -0.39 is 36.4 Å². The molecule has 0 spiro atoms. The molecule has 0 aliphatic carbocycles. The Bertz CT molecular complexity index is 814. The minimum absolute atomic E-state index is 0. The van der Waals surface area contributed by atoms with Gasteiger partial charge in [0.1, 0.15) is 41.5 Å². The van der Waals surface area contributed by atoms with E-state index in [2.05, 4.69) is 4.90 Å². The molecule has 0 bridgehead atoms. The number of carbonyl (C=O) groups is 1. The molecule has 2 saturated heterocycles. The van der Waals surface area contributed by atoms with Crippen LogP contribution in [-0.2, 0) is 23.7 Å². The molecule has 11 nitrogen and oxygen atoms in total. The Morgan fingerprint density at radius 3 is 2.44 bits per heavy atom. The van der Waals surface area contributed by atoms with Crippen LogP contribution in [0.3, 0.4) is 0 Å². The molecule has 2 fully saturated rings. The second kappa shape index (κ2) is 14.3. The molecule has 0 amide bonds. The Kier molecular flexibility index (Phi) is 12.8. The molecule has 1 aromatic carbocycles. The lowest BCUT2D eigenvalue weighted by Crippen LogP contribution is -2.44. The minimum atomic E-state index is -1.01. The summed E-state index contributed by atoms with van der Waals surface area (Å²) < 4.78 is 27.7. The maximum Gasteiger partial charge on any atom is 0.342 e. The number of phenolic OH excluding ortho intramolecular Hbond substituents is 2. The number of esters is 1. The number of halogens is 1. The van der Waals surface area contributed by atoms with E-state index in [0.29, 0.717) is 12.2 Å². The van der Waals surface area contributed by atoms with E-state index in [1.807, 2.05) is 27.9 Å². The van der Waals surface area contributed by atoms with Crippen LogP contribution >= 0.6 is 12.4 Å². The number of fused-ring (bicyclic) bond motifs is 1. The summed E-state index contributed by atoms with van der Waals surface area (Å²) >= 11 is 0. The van der Waals surface area contributed by atoms with Crippen LogP contribution in [-0.4, -0.2) is 108 Å². The molecule has 36 heavy (non-hydrogen) atoms. The molecular formula is C24H40ClNO10. The molecule has 4 N–H and O–H groups in total. The predicted molar refractivity (Wildman–Crippen MR) is 132 cm³/mol. The summed E-state index contributed by atoms with van der Waals surface area (Å²) in [5.74, 6) is -1.65. The highest BCUT2D eigenvalue weighted by Crippen LogP contribution is 2.39. The number of hydrogen-bond donors (Lipinski definition) is 4. The quantitative estimate of drug-likeness (QED) is 0.268. The molecule has 2 aliphatic heterocycles. The van der Waals surface area contributed by atoms with Crippen molar-refractivity contribution in [3.05, 3.63) is 23.3 Å². The zero-order valence-electron chi connectivity index (χ0n) is 21.7. The summed E-state index contributed by atoms with van der Waals surface area (Å²) in [6.07, 6.45) is -2.17. The summed E-state index contributed by atoms with van der Waals surface area (Å²) in [6, 6.07) is 2.51. The van der Waals surface area contributed by atoms with Gasteiger partial charge in [-0.2, -0.15) is 0 Å². The summed E-state index contributed by atoms with van der Waals surface area (Å²) in [6.45, 7) is 8.25. The Labute approximate surface area is 218 Å². The molecule has 5 atom stereocenters. The largest absolute Gasteiger partial charge is 0.508 e. The highest BCUT2D eigenvalue weighted by atomic mass is 35.5. The van der Waals surface area contributed by atoms with Crippen LogP contribution in [0, 0.1) is 6.92 Å². The lowest BCUT2D eigenvalue weighted by Gasteiger charge is -2.28. The lowest BCUT2D eigenvalue weighted by atomic mass is 10.1. The summed E-state index contributed by atoms with van der Waals surface area (Å²) in [7, 11) is 4.01. The van der Waals surface area contributed by atoms with Gasteiger partial charge < -0.3 is 49.0 Å². The van der Waals surface area contributed by atoms with Gasteiger partial charge in [0, 0.05) is 12.7 Å². The smallest absolute Gasteiger partial charge is 0.342 e. The van der Waals surface area contributed by atoms with E-state index in [1.165, 1.54) is 6.07 Å². The highest BCUT2D eigenvalue weighted by molar-refractivity contribution is 5.94. The minimum Gasteiger partial charge on any atom is -0.508 e. The zero-order valence-corrected chi connectivity index (χ0v) is 22.5. The molecule has 1 aromatic rings. The Balaban J connectivity index is 0.000000379. The van der Waals surface area contributed by atoms with E-state index in [4.69, 9.17) is 33.9 Å². The number of phenols is 2. The highest BCUT2D eigenvalue weighted by Gasteiger charge is 2.56. The first-order valence-corrected chi connectivity index (χ1v) is 11.7. The van der Waals surface area contributed by atoms with Crippen molar-refractivity contribution < 1.29 is 48.9 Å². The van der Waals surface area contributed by atoms with Crippen molar-refractivity contribution in [2.24, 2.45) is 0 Å². The molecule has 208 valence electrons. The predicted octanol–water partition coefficient (Wildman–Crippen LogP) is 1.56. The van der Waals surface area contributed by atoms with Crippen LogP contribution in [0.5, 0.6) is 11.5 Å². The van der Waals surface area contributed by atoms with Crippen LogP contribution in [0.25, 0.3) is 0 Å². The molecule has 3 rings (SSSR count). The number of rotatable bonds is 9. The second-order valence-electron chi connectivity index (χ2n) is 9.19. The van der Waals surface area contributed by atoms with Crippen LogP contribution in [0.2, 0.25) is 0 Å². The lowest BCUT2D eigenvalue weighted by molar-refractivity contribution is -0.231. The van der Waals surface area contributed by atoms with Gasteiger partial charge in [0.05, 0.1) is 13.2 Å². The molecule has 0 aromatic heterocycles. The van der Waals surface area contributed by atoms with Crippen molar-refractivity contribution >= 4 is 18.4 Å². The number of benzene rings is 1. The van der Waals surface area contributed by atoms with Gasteiger partial charge in [-0.1, -0.05) is 0 Å². The van der Waals surface area contributed by atoms with Crippen molar-refractivity contribution in [1.29, 1.82) is 0 Å². The average molecular weight is 538 g/mol. The number of nitrogens with zero attached hydrogens (tertiary/aromatic N) is 1. The van der Waals surface area contributed by atoms with Crippen molar-refractivity contribution in [2.45, 2.75) is 70.6 Å². The monoisotopic (exact) mass is 537 g/mol. The van der Waals surface area contributed by atoms with Crippen molar-refractivity contribution in [2.75, 3.05) is 40.5 Å². The summed E-state index contributed by atoms with van der Waals surface area (Å²) in [5.41, 5.74) is 0.589. The Hall–Kier alpha value is -1.70. The zero-order chi connectivity index (χ0) is 26.3. The third kappa shape index (κ3) is 8.70. The van der Waals surface area contributed by atoms with Crippen molar-refractivity contribution in [1.82, 2.24) is 4.90 Å². The molecular weight excluding hydrogens is 498 g/mol. The molecule has 5 unspecified atom stereocenters. The Morgan fingerprint density at radius 1 is 1.22 bits per heavy atom. The van der Waals surface area contributed by atoms with Gasteiger partial charge in [-0.25, -0.2) is 4.79 Å². The number of aryl methyl sites for hydroxylation is 1. The van der Waals surface area contributed by atoms with E-state index in [9.17, 15) is 15.0 Å². The van der Waals surface area contributed by atoms with Crippen molar-refractivity contribution in [3.63, 3.8) is 0 Å². The SMILES string of the molecule is CCOC(=O)c1c(C)cc(O)cc1O.CN(C)CCCOC1C(C(O)CO)OC2OC(C)(C)OC21.Cl. The second-order valence-corrected chi connectivity index (χ2v) is 9.19. The van der Waals surface area contributed by atoms with E-state index in [1.54, 1.807) is 13.8 Å². The van der Waals surface area contributed by atoms with Crippen LogP contribution in [0.1, 0.15) is 43.1 Å². The fraction of sp³-hybridized carbons (Fsp3) is 0.708. The number of carbonyl (C=O) groups excluding carboxylic acids is 1. The standard InChI is InChI=1S/C14H27NO6.C10H12O4.ClH/c1-14(2)20-12-11(18-7-5-6-15(3)4)10(9(17)8-16)19-13(12)21-14;1-3-14-10(13)9-6(2)4-7(11)5-8(9)12;/h9-13,16-17H,5-8H2,1-4H3;4-5,11-12H,3H2,1-2H3;1H. The number of aliphatic hydroxyl groups excluding tert-OH is 2. The van der Waals surface area contributed by atoms with E-state index in [0.717, 1.165) is 19.0 Å². The van der Waals surface area contributed by atoms with Gasteiger partial charge in [0.15, 0.2) is 12.1 Å². The van der Waals surface area contributed by atoms with E-state index in [-0.39, 0.29) is 48.8 Å². The average Bonchev–Trinajstić information content (AvgIpc) is 3.22. The maximum absolute atomic E-state index is 11.3. The number of hydrogen-bond acceptors (Lipinski definition) is 11. The van der Waals surface area contributed by atoms with Gasteiger partial charge in [-0.05, 0) is 66.4 Å². The van der Waals surface area contributed by atoms with Crippen LogP contribution in [0.4, 0.5) is 0 Å². The van der Waals surface area contributed by atoms with E-state index >= 15 is 0 Å². The van der Waals surface area contributed by atoms with Crippen LogP contribution < -0.4 is 0 Å². The Morgan fingerprint density at radius 2 is 1.89 bits per heavy atom. The third-order valence-corrected chi connectivity index (χ3v) is 5.43.